The van der Waals surface area contributed by atoms with E-state index in [-0.39, 0.29) is 12.8 Å². The summed E-state index contributed by atoms with van der Waals surface area (Å²) in [6.45, 7) is 2.43. The Morgan fingerprint density at radius 2 is 1.80 bits per heavy atom. The topological polar surface area (TPSA) is 112 Å². The fraction of sp³-hybridized carbons (Fsp3) is 0.750. The van der Waals surface area contributed by atoms with Gasteiger partial charge in [0.1, 0.15) is 0 Å². The average Bonchev–Trinajstić information content (AvgIpc) is 2.01. The van der Waals surface area contributed by atoms with Crippen molar-refractivity contribution in [2.24, 2.45) is 5.92 Å². The minimum atomic E-state index is -3.50. The Labute approximate surface area is 87.4 Å². The van der Waals surface area contributed by atoms with E-state index < -0.39 is 30.9 Å². The molecule has 0 aliphatic carbocycles. The summed E-state index contributed by atoms with van der Waals surface area (Å²) in [5.41, 5.74) is -0.936. The number of carbonyl (C=O) groups is 2. The third-order valence-corrected chi connectivity index (χ3v) is 4.20. The molecular weight excluding hydrogens is 223 g/mol. The molecule has 3 N–H and O–H groups in total. The predicted octanol–water partition coefficient (Wildman–Crippen LogP) is 0.841. The van der Waals surface area contributed by atoms with Crippen LogP contribution < -0.4 is 0 Å². The van der Waals surface area contributed by atoms with Crippen molar-refractivity contribution in [3.8, 4) is 0 Å². The molecule has 0 saturated carbocycles. The average molecular weight is 238 g/mol. The Morgan fingerprint density at radius 1 is 1.33 bits per heavy atom. The molecule has 0 aromatic rings. The molecule has 0 amide bonds. The second-order valence-corrected chi connectivity index (χ2v) is 6.26. The first-order valence-corrected chi connectivity index (χ1v) is 6.58. The molecule has 0 heterocycles. The van der Waals surface area contributed by atoms with E-state index in [0.717, 1.165) is 6.66 Å². The van der Waals surface area contributed by atoms with E-state index in [0.29, 0.717) is 0 Å². The highest BCUT2D eigenvalue weighted by atomic mass is 31.2. The Hall–Kier alpha value is -0.870. The molecule has 0 bridgehead atoms. The molecule has 88 valence electrons. The molecular formula is C8H15O6P. The molecule has 0 rings (SSSR count). The van der Waals surface area contributed by atoms with Gasteiger partial charge in [0.2, 0.25) is 7.37 Å². The molecule has 15 heavy (non-hydrogen) atoms. The van der Waals surface area contributed by atoms with Crippen molar-refractivity contribution in [3.05, 3.63) is 0 Å². The van der Waals surface area contributed by atoms with Gasteiger partial charge in [-0.05, 0) is 6.42 Å². The van der Waals surface area contributed by atoms with Crippen LogP contribution in [-0.2, 0) is 14.2 Å². The number of rotatable bonds is 6. The maximum absolute atomic E-state index is 11.2. The summed E-state index contributed by atoms with van der Waals surface area (Å²) in [6.07, 6.45) is -0.453. The molecule has 3 atom stereocenters. The van der Waals surface area contributed by atoms with Crippen LogP contribution in [-0.4, -0.2) is 39.4 Å². The number of aliphatic carboxylic acids is 2. The number of carboxylic acids is 2. The second kappa shape index (κ2) is 5.28. The highest BCUT2D eigenvalue weighted by Crippen LogP contribution is 2.46. The fourth-order valence-electron chi connectivity index (χ4n) is 1.18. The second-order valence-electron chi connectivity index (χ2n) is 3.56. The SMILES string of the molecule is CC(C(CCC(=O)O)C(=O)O)P(C)(=O)O. The molecule has 0 spiro atoms. The first kappa shape index (κ1) is 14.1. The summed E-state index contributed by atoms with van der Waals surface area (Å²) in [4.78, 5) is 30.3. The van der Waals surface area contributed by atoms with Crippen molar-refractivity contribution in [2.75, 3.05) is 6.66 Å². The molecule has 0 aromatic heterocycles. The summed E-state index contributed by atoms with van der Waals surface area (Å²) < 4.78 is 11.2. The zero-order chi connectivity index (χ0) is 12.2. The Kier molecular flexibility index (Phi) is 4.97. The molecule has 0 aliphatic rings. The lowest BCUT2D eigenvalue weighted by atomic mass is 10.0. The number of hydrogen-bond acceptors (Lipinski definition) is 3. The van der Waals surface area contributed by atoms with Crippen LogP contribution in [0.3, 0.4) is 0 Å². The maximum Gasteiger partial charge on any atom is 0.307 e. The van der Waals surface area contributed by atoms with Crippen LogP contribution >= 0.6 is 7.37 Å². The molecule has 6 nitrogen and oxygen atoms in total. The van der Waals surface area contributed by atoms with E-state index in [9.17, 15) is 19.0 Å². The predicted molar refractivity (Wildman–Crippen MR) is 53.2 cm³/mol. The van der Waals surface area contributed by atoms with Gasteiger partial charge in [-0.15, -0.1) is 0 Å². The van der Waals surface area contributed by atoms with E-state index in [1.54, 1.807) is 0 Å². The van der Waals surface area contributed by atoms with Crippen LogP contribution in [0.2, 0.25) is 0 Å². The van der Waals surface area contributed by atoms with Gasteiger partial charge in [-0.1, -0.05) is 6.92 Å². The minimum absolute atomic E-state index is 0.135. The Morgan fingerprint density at radius 3 is 2.07 bits per heavy atom. The summed E-state index contributed by atoms with van der Waals surface area (Å²) in [5, 5.41) is 17.2. The van der Waals surface area contributed by atoms with Crippen LogP contribution in [0.4, 0.5) is 0 Å². The van der Waals surface area contributed by atoms with Crippen LogP contribution in [0.15, 0.2) is 0 Å². The Balaban J connectivity index is 4.60. The minimum Gasteiger partial charge on any atom is -0.481 e. The quantitative estimate of drug-likeness (QED) is 0.591. The maximum atomic E-state index is 11.2. The third kappa shape index (κ3) is 4.95. The largest absolute Gasteiger partial charge is 0.481 e. The fourth-order valence-corrected chi connectivity index (χ4v) is 2.13. The van der Waals surface area contributed by atoms with E-state index in [1.807, 2.05) is 0 Å². The van der Waals surface area contributed by atoms with Gasteiger partial charge in [-0.2, -0.15) is 0 Å². The van der Waals surface area contributed by atoms with Crippen molar-refractivity contribution in [3.63, 3.8) is 0 Å². The van der Waals surface area contributed by atoms with Crippen LogP contribution in [0.5, 0.6) is 0 Å². The molecule has 3 unspecified atom stereocenters. The third-order valence-electron chi connectivity index (χ3n) is 2.32. The van der Waals surface area contributed by atoms with Crippen LogP contribution in [0.1, 0.15) is 19.8 Å². The smallest absolute Gasteiger partial charge is 0.307 e. The number of hydrogen-bond donors (Lipinski definition) is 3. The summed E-state index contributed by atoms with van der Waals surface area (Å²) in [5.74, 6) is -3.45. The van der Waals surface area contributed by atoms with Crippen molar-refractivity contribution >= 4 is 19.3 Å². The first-order valence-electron chi connectivity index (χ1n) is 4.40. The summed E-state index contributed by atoms with van der Waals surface area (Å²) >= 11 is 0. The van der Waals surface area contributed by atoms with Gasteiger partial charge in [0.25, 0.3) is 0 Å². The van der Waals surface area contributed by atoms with Gasteiger partial charge in [0.05, 0.1) is 5.92 Å². The monoisotopic (exact) mass is 238 g/mol. The molecule has 0 aromatic carbocycles. The summed E-state index contributed by atoms with van der Waals surface area (Å²) in [7, 11) is -3.50. The van der Waals surface area contributed by atoms with Gasteiger partial charge in [0, 0.05) is 18.7 Å². The zero-order valence-corrected chi connectivity index (χ0v) is 9.48. The molecule has 0 fully saturated rings. The Bertz CT molecular complexity index is 294. The van der Waals surface area contributed by atoms with Gasteiger partial charge >= 0.3 is 11.9 Å². The van der Waals surface area contributed by atoms with Gasteiger partial charge in [0.15, 0.2) is 0 Å². The van der Waals surface area contributed by atoms with Gasteiger partial charge in [-0.25, -0.2) is 0 Å². The normalized spacial score (nSPS) is 18.9. The van der Waals surface area contributed by atoms with Crippen molar-refractivity contribution in [1.82, 2.24) is 0 Å². The van der Waals surface area contributed by atoms with E-state index >= 15 is 0 Å². The first-order chi connectivity index (χ1) is 6.66. The van der Waals surface area contributed by atoms with Crippen molar-refractivity contribution in [2.45, 2.75) is 25.4 Å². The zero-order valence-electron chi connectivity index (χ0n) is 8.58. The molecule has 0 saturated heterocycles. The van der Waals surface area contributed by atoms with E-state index in [4.69, 9.17) is 10.2 Å². The lowest BCUT2D eigenvalue weighted by molar-refractivity contribution is -0.142. The van der Waals surface area contributed by atoms with Crippen LogP contribution in [0, 0.1) is 5.92 Å². The summed E-state index contributed by atoms with van der Waals surface area (Å²) in [6, 6.07) is 0. The van der Waals surface area contributed by atoms with Gasteiger partial charge in [-0.3, -0.25) is 14.2 Å². The standard InChI is InChI=1S/C8H15O6P/c1-5(15(2,13)14)6(8(11)12)3-4-7(9)10/h5-6H,3-4H2,1-2H3,(H,9,10)(H,11,12)(H,13,14). The lowest BCUT2D eigenvalue weighted by Crippen LogP contribution is -2.26. The number of carboxylic acid groups (broad SMARTS) is 2. The highest BCUT2D eigenvalue weighted by molar-refractivity contribution is 7.57. The molecule has 7 heteroatoms. The highest BCUT2D eigenvalue weighted by Gasteiger charge is 2.34. The lowest BCUT2D eigenvalue weighted by Gasteiger charge is -2.21. The van der Waals surface area contributed by atoms with E-state index in [1.165, 1.54) is 6.92 Å². The van der Waals surface area contributed by atoms with E-state index in [2.05, 4.69) is 0 Å². The van der Waals surface area contributed by atoms with Crippen LogP contribution in [0.25, 0.3) is 0 Å². The van der Waals surface area contributed by atoms with Crippen molar-refractivity contribution < 1.29 is 29.3 Å². The van der Waals surface area contributed by atoms with Crippen molar-refractivity contribution in [1.29, 1.82) is 0 Å². The van der Waals surface area contributed by atoms with Gasteiger partial charge < -0.3 is 15.1 Å². The molecule has 0 aliphatic heterocycles. The molecule has 0 radical (unpaired) electrons.